The van der Waals surface area contributed by atoms with Gasteiger partial charge in [-0.15, -0.1) is 0 Å². The molecule has 4 atom stereocenters. The maximum absolute atomic E-state index is 11.4. The summed E-state index contributed by atoms with van der Waals surface area (Å²) in [4.78, 5) is 11.4. The van der Waals surface area contributed by atoms with Crippen LogP contribution in [0.5, 0.6) is 0 Å². The molecule has 0 aromatic carbocycles. The fourth-order valence-corrected chi connectivity index (χ4v) is 3.12. The van der Waals surface area contributed by atoms with Crippen LogP contribution in [0.1, 0.15) is 26.7 Å². The Morgan fingerprint density at radius 2 is 2.31 bits per heavy atom. The highest BCUT2D eigenvalue weighted by atomic mass is 16.3. The van der Waals surface area contributed by atoms with Crippen LogP contribution < -0.4 is 0 Å². The van der Waals surface area contributed by atoms with Crippen LogP contribution in [-0.4, -0.2) is 28.2 Å². The number of carbonyl (C=O) groups is 1. The molecule has 0 heterocycles. The van der Waals surface area contributed by atoms with Gasteiger partial charge in [0.25, 0.3) is 0 Å². The van der Waals surface area contributed by atoms with Crippen LogP contribution in [-0.2, 0) is 4.79 Å². The number of hydrogen-bond donors (Lipinski definition) is 2. The van der Waals surface area contributed by atoms with Crippen molar-refractivity contribution in [1.29, 1.82) is 0 Å². The van der Waals surface area contributed by atoms with E-state index in [4.69, 9.17) is 5.11 Å². The Labute approximate surface area is 77.8 Å². The Bertz CT molecular complexity index is 259. The number of hydrogen-bond acceptors (Lipinski definition) is 3. The first-order chi connectivity index (χ1) is 5.95. The molecule has 2 aliphatic rings. The Kier molecular flexibility index (Phi) is 1.65. The monoisotopic (exact) mass is 184 g/mol. The Balaban J connectivity index is 2.30. The topological polar surface area (TPSA) is 57.5 Å². The van der Waals surface area contributed by atoms with E-state index in [1.165, 1.54) is 0 Å². The summed E-state index contributed by atoms with van der Waals surface area (Å²) >= 11 is 0. The number of rotatable bonds is 2. The van der Waals surface area contributed by atoms with Crippen molar-refractivity contribution in [3.8, 4) is 0 Å². The number of aliphatic hydroxyl groups excluding tert-OH is 1. The summed E-state index contributed by atoms with van der Waals surface area (Å²) in [7, 11) is 0. The highest BCUT2D eigenvalue weighted by molar-refractivity contribution is 5.88. The van der Waals surface area contributed by atoms with Crippen LogP contribution in [0.2, 0.25) is 0 Å². The second-order valence-corrected chi connectivity index (χ2v) is 4.80. The maximum Gasteiger partial charge on any atom is 0.136 e. The molecule has 74 valence electrons. The molecule has 2 rings (SSSR count). The van der Waals surface area contributed by atoms with Gasteiger partial charge >= 0.3 is 0 Å². The number of ketones is 1. The predicted molar refractivity (Wildman–Crippen MR) is 47.0 cm³/mol. The van der Waals surface area contributed by atoms with Crippen molar-refractivity contribution in [2.75, 3.05) is 6.61 Å². The molecule has 2 N–H and O–H groups in total. The fraction of sp³-hybridized carbons (Fsp3) is 0.900. The van der Waals surface area contributed by atoms with Gasteiger partial charge in [0.2, 0.25) is 0 Å². The third-order valence-corrected chi connectivity index (χ3v) is 4.09. The molecular formula is C10H16O3. The summed E-state index contributed by atoms with van der Waals surface area (Å²) in [5.74, 6) is 0.498. The van der Waals surface area contributed by atoms with Gasteiger partial charge in [-0.1, -0.05) is 6.92 Å². The van der Waals surface area contributed by atoms with Gasteiger partial charge in [-0.05, 0) is 19.3 Å². The van der Waals surface area contributed by atoms with E-state index >= 15 is 0 Å². The van der Waals surface area contributed by atoms with Crippen molar-refractivity contribution in [3.63, 3.8) is 0 Å². The first-order valence-electron chi connectivity index (χ1n) is 4.81. The van der Waals surface area contributed by atoms with Gasteiger partial charge in [-0.25, -0.2) is 0 Å². The van der Waals surface area contributed by atoms with Gasteiger partial charge in [-0.3, -0.25) is 4.79 Å². The molecule has 13 heavy (non-hydrogen) atoms. The lowest BCUT2D eigenvalue weighted by atomic mass is 9.78. The van der Waals surface area contributed by atoms with Crippen LogP contribution in [0.3, 0.4) is 0 Å². The lowest BCUT2D eigenvalue weighted by Gasteiger charge is -2.33. The molecule has 0 saturated heterocycles. The first kappa shape index (κ1) is 9.16. The van der Waals surface area contributed by atoms with Crippen molar-refractivity contribution >= 4 is 5.78 Å². The number of aliphatic hydroxyl groups is 2. The van der Waals surface area contributed by atoms with Crippen molar-refractivity contribution in [3.05, 3.63) is 0 Å². The second kappa shape index (κ2) is 2.34. The molecule has 0 aliphatic heterocycles. The summed E-state index contributed by atoms with van der Waals surface area (Å²) in [5, 5.41) is 19.1. The molecule has 0 amide bonds. The van der Waals surface area contributed by atoms with E-state index in [2.05, 4.69) is 0 Å². The largest absolute Gasteiger partial charge is 0.393 e. The third-order valence-electron chi connectivity index (χ3n) is 4.09. The molecule has 2 saturated carbocycles. The van der Waals surface area contributed by atoms with E-state index in [1.54, 1.807) is 6.92 Å². The fourth-order valence-electron chi connectivity index (χ4n) is 3.12. The maximum atomic E-state index is 11.4. The molecule has 2 fully saturated rings. The average Bonchev–Trinajstić information content (AvgIpc) is 2.75. The van der Waals surface area contributed by atoms with E-state index in [0.717, 1.165) is 6.42 Å². The van der Waals surface area contributed by atoms with Crippen LogP contribution in [0.25, 0.3) is 0 Å². The van der Waals surface area contributed by atoms with Crippen molar-refractivity contribution < 1.29 is 15.0 Å². The van der Waals surface area contributed by atoms with Gasteiger partial charge in [0.05, 0.1) is 12.2 Å². The number of Topliss-reactive ketones (excluding diaryl/α,β-unsaturated/α-hetero) is 1. The first-order valence-corrected chi connectivity index (χ1v) is 4.81. The summed E-state index contributed by atoms with van der Waals surface area (Å²) < 4.78 is 0. The van der Waals surface area contributed by atoms with E-state index in [9.17, 15) is 9.90 Å². The smallest absolute Gasteiger partial charge is 0.136 e. The van der Waals surface area contributed by atoms with E-state index in [0.29, 0.717) is 6.42 Å². The van der Waals surface area contributed by atoms with Gasteiger partial charge in [0, 0.05) is 17.8 Å². The molecule has 0 radical (unpaired) electrons. The molecule has 3 heteroatoms. The summed E-state index contributed by atoms with van der Waals surface area (Å²) in [6.07, 6.45) is 1.33. The molecule has 3 nitrogen and oxygen atoms in total. The molecule has 2 aliphatic carbocycles. The molecular weight excluding hydrogens is 168 g/mol. The zero-order chi connectivity index (χ0) is 9.85. The van der Waals surface area contributed by atoms with Crippen molar-refractivity contribution in [2.24, 2.45) is 17.3 Å². The molecule has 0 bridgehead atoms. The van der Waals surface area contributed by atoms with Gasteiger partial charge in [0.1, 0.15) is 5.78 Å². The summed E-state index contributed by atoms with van der Waals surface area (Å²) in [6.45, 7) is 3.39. The molecule has 0 aromatic rings. The van der Waals surface area contributed by atoms with Gasteiger partial charge in [-0.2, -0.15) is 0 Å². The third kappa shape index (κ3) is 0.891. The lowest BCUT2D eigenvalue weighted by Crippen LogP contribution is -2.43. The van der Waals surface area contributed by atoms with E-state index in [-0.39, 0.29) is 29.6 Å². The van der Waals surface area contributed by atoms with Crippen LogP contribution in [0, 0.1) is 17.3 Å². The average molecular weight is 184 g/mol. The quantitative estimate of drug-likeness (QED) is 0.651. The molecule has 0 aromatic heterocycles. The highest BCUT2D eigenvalue weighted by Gasteiger charge is 2.72. The normalized spacial score (nSPS) is 47.2. The number of fused-ring (bicyclic) bond motifs is 1. The van der Waals surface area contributed by atoms with Crippen molar-refractivity contribution in [2.45, 2.75) is 32.3 Å². The minimum Gasteiger partial charge on any atom is -0.393 e. The molecule has 0 unspecified atom stereocenters. The SMILES string of the molecule is C[C@@H]1CC(=O)[C@@H]2C[C@]12[C@](C)(O)CO. The van der Waals surface area contributed by atoms with E-state index < -0.39 is 5.60 Å². The van der Waals surface area contributed by atoms with Crippen LogP contribution >= 0.6 is 0 Å². The minimum absolute atomic E-state index is 0.0182. The minimum atomic E-state index is -1.08. The zero-order valence-electron chi connectivity index (χ0n) is 8.08. The predicted octanol–water partition coefficient (Wildman–Crippen LogP) is 0.345. The van der Waals surface area contributed by atoms with Gasteiger partial charge < -0.3 is 10.2 Å². The van der Waals surface area contributed by atoms with E-state index in [1.807, 2.05) is 6.92 Å². The van der Waals surface area contributed by atoms with Crippen LogP contribution in [0.15, 0.2) is 0 Å². The Hall–Kier alpha value is -0.410. The summed E-state index contributed by atoms with van der Waals surface area (Å²) in [5.41, 5.74) is -1.39. The lowest BCUT2D eigenvalue weighted by molar-refractivity contribution is -0.119. The van der Waals surface area contributed by atoms with Gasteiger partial charge in [0.15, 0.2) is 0 Å². The summed E-state index contributed by atoms with van der Waals surface area (Å²) in [6, 6.07) is 0. The molecule has 0 spiro atoms. The van der Waals surface area contributed by atoms with Crippen LogP contribution in [0.4, 0.5) is 0 Å². The number of carbonyl (C=O) groups excluding carboxylic acids is 1. The second-order valence-electron chi connectivity index (χ2n) is 4.80. The Morgan fingerprint density at radius 3 is 2.62 bits per heavy atom. The zero-order valence-corrected chi connectivity index (χ0v) is 8.08. The standard InChI is InChI=1S/C10H16O3/c1-6-3-8(12)7-4-10(6,7)9(2,13)5-11/h6-7,11,13H,3-5H2,1-2H3/t6-,7+,9-,10+/m1/s1. The highest BCUT2D eigenvalue weighted by Crippen LogP contribution is 2.69. The Morgan fingerprint density at radius 1 is 1.69 bits per heavy atom. The van der Waals surface area contributed by atoms with Crippen molar-refractivity contribution in [1.82, 2.24) is 0 Å².